The van der Waals surface area contributed by atoms with Gasteiger partial charge in [0.2, 0.25) is 5.91 Å². The molecule has 2 fully saturated rings. The molecule has 0 spiro atoms. The van der Waals surface area contributed by atoms with Crippen molar-refractivity contribution in [3.8, 4) is 5.75 Å². The van der Waals surface area contributed by atoms with Crippen LogP contribution in [0.3, 0.4) is 0 Å². The second-order valence-electron chi connectivity index (χ2n) is 8.65. The molecule has 0 aromatic heterocycles. The molecule has 0 unspecified atom stereocenters. The Morgan fingerprint density at radius 3 is 2.35 bits per heavy atom. The minimum atomic E-state index is -2.90. The number of para-hydroxylation sites is 1. The number of anilines is 2. The summed E-state index contributed by atoms with van der Waals surface area (Å²) in [6, 6.07) is 14.0. The van der Waals surface area contributed by atoms with Crippen molar-refractivity contribution in [1.29, 1.82) is 0 Å². The number of amides is 2. The number of hydrogen-bond acceptors (Lipinski definition) is 7. The molecule has 34 heavy (non-hydrogen) atoms. The first kappa shape index (κ1) is 24.2. The second kappa shape index (κ2) is 10.5. The van der Waals surface area contributed by atoms with Gasteiger partial charge in [0.15, 0.2) is 9.84 Å². The first-order chi connectivity index (χ1) is 16.3. The molecule has 2 aliphatic heterocycles. The zero-order valence-electron chi connectivity index (χ0n) is 19.2. The van der Waals surface area contributed by atoms with Crippen molar-refractivity contribution in [3.63, 3.8) is 0 Å². The van der Waals surface area contributed by atoms with Crippen LogP contribution in [0.25, 0.3) is 0 Å². The SMILES string of the molecule is COc1ccc(NC(=O)c2ccccc2NC(=O)CN2CCN([C@@H]3CCS(=O)(=O)C3)CC2)cc1. The molecule has 2 amide bonds. The van der Waals surface area contributed by atoms with Crippen molar-refractivity contribution in [1.82, 2.24) is 9.80 Å². The summed E-state index contributed by atoms with van der Waals surface area (Å²) >= 11 is 0. The maximum atomic E-state index is 12.8. The Balaban J connectivity index is 1.30. The first-order valence-corrected chi connectivity index (χ1v) is 13.2. The van der Waals surface area contributed by atoms with Crippen LogP contribution >= 0.6 is 0 Å². The third-order valence-corrected chi connectivity index (χ3v) is 8.04. The molecule has 182 valence electrons. The summed E-state index contributed by atoms with van der Waals surface area (Å²) in [5.74, 6) is 0.691. The van der Waals surface area contributed by atoms with Crippen LogP contribution in [-0.4, -0.2) is 87.4 Å². The molecule has 2 N–H and O–H groups in total. The molecule has 2 heterocycles. The van der Waals surface area contributed by atoms with Crippen LogP contribution in [0, 0.1) is 0 Å². The lowest BCUT2D eigenvalue weighted by atomic mass is 10.1. The van der Waals surface area contributed by atoms with E-state index in [4.69, 9.17) is 4.74 Å². The summed E-state index contributed by atoms with van der Waals surface area (Å²) in [7, 11) is -1.33. The van der Waals surface area contributed by atoms with Crippen molar-refractivity contribution >= 4 is 33.0 Å². The minimum Gasteiger partial charge on any atom is -0.497 e. The van der Waals surface area contributed by atoms with Gasteiger partial charge in [0.25, 0.3) is 5.91 Å². The number of sulfone groups is 1. The van der Waals surface area contributed by atoms with Gasteiger partial charge >= 0.3 is 0 Å². The monoisotopic (exact) mass is 486 g/mol. The number of rotatable bonds is 7. The second-order valence-corrected chi connectivity index (χ2v) is 10.9. The van der Waals surface area contributed by atoms with E-state index in [2.05, 4.69) is 20.4 Å². The minimum absolute atomic E-state index is 0.0945. The van der Waals surface area contributed by atoms with Crippen LogP contribution in [0.5, 0.6) is 5.75 Å². The third-order valence-electron chi connectivity index (χ3n) is 6.29. The highest BCUT2D eigenvalue weighted by Crippen LogP contribution is 2.21. The summed E-state index contributed by atoms with van der Waals surface area (Å²) in [5, 5.41) is 5.70. The van der Waals surface area contributed by atoms with Crippen molar-refractivity contribution in [3.05, 3.63) is 54.1 Å². The molecule has 2 saturated heterocycles. The molecular formula is C24H30N4O5S. The maximum Gasteiger partial charge on any atom is 0.257 e. The number of piperazine rings is 1. The quantitative estimate of drug-likeness (QED) is 0.613. The van der Waals surface area contributed by atoms with E-state index >= 15 is 0 Å². The average molecular weight is 487 g/mol. The van der Waals surface area contributed by atoms with E-state index in [1.807, 2.05) is 0 Å². The fourth-order valence-electron chi connectivity index (χ4n) is 4.41. The van der Waals surface area contributed by atoms with Gasteiger partial charge in [-0.3, -0.25) is 19.4 Å². The maximum absolute atomic E-state index is 12.8. The summed E-state index contributed by atoms with van der Waals surface area (Å²) in [6.45, 7) is 3.10. The smallest absolute Gasteiger partial charge is 0.257 e. The Bertz CT molecular complexity index is 1130. The zero-order valence-corrected chi connectivity index (χ0v) is 20.0. The van der Waals surface area contributed by atoms with E-state index in [1.165, 1.54) is 0 Å². The van der Waals surface area contributed by atoms with Gasteiger partial charge in [-0.2, -0.15) is 0 Å². The molecule has 2 aromatic rings. The number of hydrogen-bond donors (Lipinski definition) is 2. The molecule has 0 bridgehead atoms. The van der Waals surface area contributed by atoms with E-state index in [-0.39, 0.29) is 35.9 Å². The van der Waals surface area contributed by atoms with Crippen molar-refractivity contribution in [2.24, 2.45) is 0 Å². The van der Waals surface area contributed by atoms with Crippen LogP contribution in [0.4, 0.5) is 11.4 Å². The third kappa shape index (κ3) is 6.13. The molecule has 0 saturated carbocycles. The number of carbonyl (C=O) groups is 2. The lowest BCUT2D eigenvalue weighted by Crippen LogP contribution is -2.52. The highest BCUT2D eigenvalue weighted by Gasteiger charge is 2.33. The summed E-state index contributed by atoms with van der Waals surface area (Å²) in [5.41, 5.74) is 1.45. The van der Waals surface area contributed by atoms with Gasteiger partial charge in [0.1, 0.15) is 5.75 Å². The van der Waals surface area contributed by atoms with Gasteiger partial charge < -0.3 is 15.4 Å². The van der Waals surface area contributed by atoms with Crippen LogP contribution < -0.4 is 15.4 Å². The molecular weight excluding hydrogens is 456 g/mol. The Kier molecular flexibility index (Phi) is 7.50. The number of carbonyl (C=O) groups excluding carboxylic acids is 2. The molecule has 2 aromatic carbocycles. The molecule has 0 radical (unpaired) electrons. The Morgan fingerprint density at radius 2 is 1.71 bits per heavy atom. The Hall–Kier alpha value is -2.95. The van der Waals surface area contributed by atoms with Gasteiger partial charge in [-0.25, -0.2) is 8.42 Å². The van der Waals surface area contributed by atoms with Gasteiger partial charge in [0, 0.05) is 37.9 Å². The fraction of sp³-hybridized carbons (Fsp3) is 0.417. The average Bonchev–Trinajstić information content (AvgIpc) is 3.20. The highest BCUT2D eigenvalue weighted by atomic mass is 32.2. The van der Waals surface area contributed by atoms with Crippen LogP contribution in [0.2, 0.25) is 0 Å². The van der Waals surface area contributed by atoms with E-state index in [0.717, 1.165) is 13.1 Å². The van der Waals surface area contributed by atoms with Crippen LogP contribution in [0.15, 0.2) is 48.5 Å². The molecule has 4 rings (SSSR count). The molecule has 1 atom stereocenters. The van der Waals surface area contributed by atoms with E-state index in [9.17, 15) is 18.0 Å². The molecule has 2 aliphatic rings. The van der Waals surface area contributed by atoms with E-state index in [0.29, 0.717) is 42.2 Å². The number of methoxy groups -OCH3 is 1. The molecule has 9 nitrogen and oxygen atoms in total. The Morgan fingerprint density at radius 1 is 1.00 bits per heavy atom. The number of nitrogens with zero attached hydrogens (tertiary/aromatic N) is 2. The standard InChI is InChI=1S/C24H30N4O5S/c1-33-20-8-6-18(7-9-20)25-24(30)21-4-2-3-5-22(21)26-23(29)16-27-11-13-28(14-12-27)19-10-15-34(31,32)17-19/h2-9,19H,10-17H2,1H3,(H,25,30)(H,26,29)/t19-/m1/s1. The largest absolute Gasteiger partial charge is 0.497 e. The summed E-state index contributed by atoms with van der Waals surface area (Å²) in [6.07, 6.45) is 0.693. The molecule has 10 heteroatoms. The van der Waals surface area contributed by atoms with Crippen LogP contribution in [-0.2, 0) is 14.6 Å². The van der Waals surface area contributed by atoms with Crippen molar-refractivity contribution < 1.29 is 22.7 Å². The van der Waals surface area contributed by atoms with E-state index in [1.54, 1.807) is 55.6 Å². The van der Waals surface area contributed by atoms with Gasteiger partial charge in [-0.1, -0.05) is 12.1 Å². The first-order valence-electron chi connectivity index (χ1n) is 11.3. The Labute approximate surface area is 200 Å². The normalized spacial score (nSPS) is 20.6. The lowest BCUT2D eigenvalue weighted by Gasteiger charge is -2.37. The fourth-order valence-corrected chi connectivity index (χ4v) is 6.17. The van der Waals surface area contributed by atoms with E-state index < -0.39 is 9.84 Å². The van der Waals surface area contributed by atoms with Gasteiger partial charge in [-0.05, 0) is 42.8 Å². The van der Waals surface area contributed by atoms with Crippen LogP contribution in [0.1, 0.15) is 16.8 Å². The van der Waals surface area contributed by atoms with Gasteiger partial charge in [-0.15, -0.1) is 0 Å². The zero-order chi connectivity index (χ0) is 24.1. The topological polar surface area (TPSA) is 108 Å². The van der Waals surface area contributed by atoms with Crippen molar-refractivity contribution in [2.45, 2.75) is 12.5 Å². The lowest BCUT2D eigenvalue weighted by molar-refractivity contribution is -0.117. The predicted octanol–water partition coefficient (Wildman–Crippen LogP) is 1.69. The number of ether oxygens (including phenoxy) is 1. The number of nitrogens with one attached hydrogen (secondary N) is 2. The predicted molar refractivity (Wildman–Crippen MR) is 131 cm³/mol. The summed E-state index contributed by atoms with van der Waals surface area (Å²) < 4.78 is 28.6. The summed E-state index contributed by atoms with van der Waals surface area (Å²) in [4.78, 5) is 29.8. The number of benzene rings is 2. The van der Waals surface area contributed by atoms with Gasteiger partial charge in [0.05, 0.1) is 36.4 Å². The van der Waals surface area contributed by atoms with Crippen molar-refractivity contribution in [2.75, 3.05) is 62.0 Å². The highest BCUT2D eigenvalue weighted by molar-refractivity contribution is 7.91. The molecule has 0 aliphatic carbocycles.